The molecule has 0 spiro atoms. The summed E-state index contributed by atoms with van der Waals surface area (Å²) in [5.41, 5.74) is 1.72. The molecule has 0 unspecified atom stereocenters. The third-order valence-electron chi connectivity index (χ3n) is 3.30. The molecule has 1 aromatic heterocycles. The zero-order chi connectivity index (χ0) is 16.1. The lowest BCUT2D eigenvalue weighted by atomic mass is 10.1. The quantitative estimate of drug-likeness (QED) is 0.708. The van der Waals surface area contributed by atoms with Crippen LogP contribution in [0, 0.1) is 0 Å². The number of hydrogen-bond donors (Lipinski definition) is 1. The molecule has 0 atom stereocenters. The molecule has 6 nitrogen and oxygen atoms in total. The van der Waals surface area contributed by atoms with Crippen LogP contribution < -0.4 is 10.5 Å². The molecule has 1 heterocycles. The van der Waals surface area contributed by atoms with Crippen LogP contribution in [0.15, 0.2) is 63.8 Å². The topological polar surface area (TPSA) is 77.5 Å². The molecular formula is C17H16N2O4. The molecule has 0 fully saturated rings. The number of aryl methyl sites for hydroxylation is 1. The first-order valence-electron chi connectivity index (χ1n) is 7.29. The fourth-order valence-electron chi connectivity index (χ4n) is 2.16. The van der Waals surface area contributed by atoms with Gasteiger partial charge in [-0.15, -0.1) is 0 Å². The second-order valence-electron chi connectivity index (χ2n) is 5.00. The largest absolute Gasteiger partial charge is 0.508 e. The molecular weight excluding hydrogens is 296 g/mol. The maximum atomic E-state index is 11.8. The van der Waals surface area contributed by atoms with E-state index in [2.05, 4.69) is 17.2 Å². The summed E-state index contributed by atoms with van der Waals surface area (Å²) in [5.74, 6) is -0.517. The van der Waals surface area contributed by atoms with Crippen LogP contribution in [0.1, 0.15) is 12.0 Å². The predicted molar refractivity (Wildman–Crippen MR) is 84.0 cm³/mol. The molecule has 3 aromatic rings. The molecule has 6 heteroatoms. The van der Waals surface area contributed by atoms with E-state index in [1.807, 2.05) is 18.2 Å². The molecule has 118 valence electrons. The van der Waals surface area contributed by atoms with E-state index in [9.17, 15) is 9.90 Å². The van der Waals surface area contributed by atoms with Gasteiger partial charge in [0.15, 0.2) is 0 Å². The van der Waals surface area contributed by atoms with Crippen molar-refractivity contribution in [2.45, 2.75) is 12.8 Å². The fourth-order valence-corrected chi connectivity index (χ4v) is 2.16. The highest BCUT2D eigenvalue weighted by molar-refractivity contribution is 5.35. The van der Waals surface area contributed by atoms with E-state index in [0.29, 0.717) is 12.3 Å². The minimum atomic E-state index is -0.631. The molecule has 0 bridgehead atoms. The smallest absolute Gasteiger partial charge is 0.444 e. The predicted octanol–water partition coefficient (Wildman–Crippen LogP) is 2.54. The van der Waals surface area contributed by atoms with Crippen LogP contribution in [0.3, 0.4) is 0 Å². The zero-order valence-corrected chi connectivity index (χ0v) is 12.4. The van der Waals surface area contributed by atoms with Gasteiger partial charge in [-0.1, -0.05) is 35.4 Å². The Morgan fingerprint density at radius 2 is 1.83 bits per heavy atom. The summed E-state index contributed by atoms with van der Waals surface area (Å²) in [5, 5.41) is 13.2. The molecule has 0 radical (unpaired) electrons. The van der Waals surface area contributed by atoms with E-state index in [1.54, 1.807) is 12.1 Å². The van der Waals surface area contributed by atoms with Crippen LogP contribution >= 0.6 is 0 Å². The average molecular weight is 312 g/mol. The minimum Gasteiger partial charge on any atom is -0.508 e. The van der Waals surface area contributed by atoms with Gasteiger partial charge < -0.3 is 14.3 Å². The van der Waals surface area contributed by atoms with Crippen molar-refractivity contribution in [2.24, 2.45) is 0 Å². The molecule has 2 aromatic carbocycles. The second-order valence-corrected chi connectivity index (χ2v) is 5.00. The van der Waals surface area contributed by atoms with E-state index >= 15 is 0 Å². The van der Waals surface area contributed by atoms with Crippen molar-refractivity contribution in [1.29, 1.82) is 0 Å². The summed E-state index contributed by atoms with van der Waals surface area (Å²) in [6.45, 7) is 0.407. The standard InChI is InChI=1S/C17H16N2O4/c20-15-10-8-14(9-11-15)19-17(21)23-16(18-19)22-12-4-7-13-5-2-1-3-6-13/h1-3,5-6,8-11,20H,4,7,12H2. The first kappa shape index (κ1) is 14.9. The van der Waals surface area contributed by atoms with Gasteiger partial charge in [0.1, 0.15) is 5.75 Å². The number of phenolic OH excluding ortho intramolecular Hbond substituents is 1. The van der Waals surface area contributed by atoms with E-state index in [1.165, 1.54) is 17.7 Å². The van der Waals surface area contributed by atoms with Gasteiger partial charge in [-0.3, -0.25) is 0 Å². The fraction of sp³-hybridized carbons (Fsp3) is 0.176. The Morgan fingerprint density at radius 1 is 1.09 bits per heavy atom. The summed E-state index contributed by atoms with van der Waals surface area (Å²) < 4.78 is 11.4. The molecule has 0 aliphatic heterocycles. The van der Waals surface area contributed by atoms with Crippen molar-refractivity contribution in [2.75, 3.05) is 6.61 Å². The van der Waals surface area contributed by atoms with Gasteiger partial charge in [-0.2, -0.15) is 4.68 Å². The van der Waals surface area contributed by atoms with Crippen LogP contribution in [-0.2, 0) is 6.42 Å². The number of benzene rings is 2. The van der Waals surface area contributed by atoms with Crippen molar-refractivity contribution in [3.05, 3.63) is 70.7 Å². The van der Waals surface area contributed by atoms with E-state index in [4.69, 9.17) is 9.15 Å². The number of hydrogen-bond acceptors (Lipinski definition) is 5. The summed E-state index contributed by atoms with van der Waals surface area (Å²) in [6.07, 6.45) is 1.61. The first-order valence-corrected chi connectivity index (χ1v) is 7.29. The summed E-state index contributed by atoms with van der Waals surface area (Å²) in [6, 6.07) is 16.2. The lowest BCUT2D eigenvalue weighted by Gasteiger charge is -2.01. The van der Waals surface area contributed by atoms with Crippen LogP contribution in [0.25, 0.3) is 5.69 Å². The molecule has 3 rings (SSSR count). The third kappa shape index (κ3) is 3.79. The molecule has 0 aliphatic rings. The molecule has 1 N–H and O–H groups in total. The lowest BCUT2D eigenvalue weighted by Crippen LogP contribution is -2.13. The molecule has 0 saturated carbocycles. The number of phenols is 1. The van der Waals surface area contributed by atoms with Crippen LogP contribution in [0.4, 0.5) is 0 Å². The number of ether oxygens (including phenoxy) is 1. The monoisotopic (exact) mass is 312 g/mol. The van der Waals surface area contributed by atoms with Crippen molar-refractivity contribution in [1.82, 2.24) is 9.78 Å². The van der Waals surface area contributed by atoms with Crippen LogP contribution in [0.5, 0.6) is 11.8 Å². The first-order chi connectivity index (χ1) is 11.2. The average Bonchev–Trinajstić information content (AvgIpc) is 2.94. The SMILES string of the molecule is O=c1oc(OCCCc2ccccc2)nn1-c1ccc(O)cc1. The Labute approximate surface area is 132 Å². The van der Waals surface area contributed by atoms with Crippen molar-refractivity contribution >= 4 is 0 Å². The van der Waals surface area contributed by atoms with Crippen molar-refractivity contribution in [3.8, 4) is 17.5 Å². The van der Waals surface area contributed by atoms with Crippen LogP contribution in [0.2, 0.25) is 0 Å². The van der Waals surface area contributed by atoms with Crippen molar-refractivity contribution < 1.29 is 14.3 Å². The Kier molecular flexibility index (Phi) is 4.42. The Bertz CT molecular complexity index is 807. The highest BCUT2D eigenvalue weighted by atomic mass is 16.6. The number of aromatic nitrogens is 2. The zero-order valence-electron chi connectivity index (χ0n) is 12.4. The molecule has 0 saturated heterocycles. The highest BCUT2D eigenvalue weighted by Crippen LogP contribution is 2.13. The Morgan fingerprint density at radius 3 is 2.57 bits per heavy atom. The summed E-state index contributed by atoms with van der Waals surface area (Å²) >= 11 is 0. The number of rotatable bonds is 6. The maximum absolute atomic E-state index is 11.8. The maximum Gasteiger partial charge on any atom is 0.444 e. The Hall–Kier alpha value is -3.02. The van der Waals surface area contributed by atoms with E-state index < -0.39 is 5.76 Å². The van der Waals surface area contributed by atoms with E-state index in [-0.39, 0.29) is 11.8 Å². The second kappa shape index (κ2) is 6.83. The van der Waals surface area contributed by atoms with Crippen LogP contribution in [-0.4, -0.2) is 21.5 Å². The number of aromatic hydroxyl groups is 1. The van der Waals surface area contributed by atoms with Gasteiger partial charge >= 0.3 is 11.8 Å². The summed E-state index contributed by atoms with van der Waals surface area (Å²) in [4.78, 5) is 11.8. The number of nitrogens with zero attached hydrogens (tertiary/aromatic N) is 2. The van der Waals surface area contributed by atoms with Crippen molar-refractivity contribution in [3.63, 3.8) is 0 Å². The third-order valence-corrected chi connectivity index (χ3v) is 3.30. The molecule has 0 aliphatic carbocycles. The van der Waals surface area contributed by atoms with Gasteiger partial charge in [0, 0.05) is 0 Å². The highest BCUT2D eigenvalue weighted by Gasteiger charge is 2.10. The van der Waals surface area contributed by atoms with Gasteiger partial charge in [-0.05, 0) is 42.7 Å². The van der Waals surface area contributed by atoms with Gasteiger partial charge in [-0.25, -0.2) is 4.79 Å². The lowest BCUT2D eigenvalue weighted by molar-refractivity contribution is 0.222. The normalized spacial score (nSPS) is 10.6. The minimum absolute atomic E-state index is 0.0591. The molecule has 23 heavy (non-hydrogen) atoms. The molecule has 0 amide bonds. The van der Waals surface area contributed by atoms with Gasteiger partial charge in [0.2, 0.25) is 0 Å². The summed E-state index contributed by atoms with van der Waals surface area (Å²) in [7, 11) is 0. The van der Waals surface area contributed by atoms with E-state index in [0.717, 1.165) is 17.5 Å². The van der Waals surface area contributed by atoms with Gasteiger partial charge in [0.05, 0.1) is 12.3 Å². The van der Waals surface area contributed by atoms with Gasteiger partial charge in [0.25, 0.3) is 0 Å². The Balaban J connectivity index is 1.58.